The summed E-state index contributed by atoms with van der Waals surface area (Å²) in [5, 5.41) is 9.59. The first kappa shape index (κ1) is 15.7. The van der Waals surface area contributed by atoms with Gasteiger partial charge >= 0.3 is 0 Å². The Bertz CT molecular complexity index is 170. The number of hydrogen-bond donors (Lipinski definition) is 1. The lowest BCUT2D eigenvalue weighted by Crippen LogP contribution is -2.29. The maximum Gasteiger partial charge on any atom is 0.0824 e. The van der Waals surface area contributed by atoms with E-state index in [4.69, 9.17) is 4.74 Å². The monoisotopic (exact) mass is 228 g/mol. The zero-order valence-corrected chi connectivity index (χ0v) is 11.2. The Morgan fingerprint density at radius 3 is 2.50 bits per heavy atom. The van der Waals surface area contributed by atoms with Gasteiger partial charge in [0.25, 0.3) is 0 Å². The summed E-state index contributed by atoms with van der Waals surface area (Å²) in [6.07, 6.45) is 9.11. The molecule has 0 aliphatic carbocycles. The molecule has 1 N–H and O–H groups in total. The summed E-state index contributed by atoms with van der Waals surface area (Å²) >= 11 is 0. The fourth-order valence-corrected chi connectivity index (χ4v) is 1.58. The standard InChI is InChI=1S/C14H28O2/c1-5-7-8-9-11-13(10-6-2)16-12-14(3,4)15/h6,13,15H,2,5,7-12H2,1,3-4H3. The third-order valence-electron chi connectivity index (χ3n) is 2.48. The highest BCUT2D eigenvalue weighted by Crippen LogP contribution is 2.14. The first-order valence-electron chi connectivity index (χ1n) is 6.44. The van der Waals surface area contributed by atoms with Crippen molar-refractivity contribution in [2.45, 2.75) is 71.0 Å². The molecule has 1 atom stereocenters. The molecule has 0 saturated carbocycles. The topological polar surface area (TPSA) is 29.5 Å². The summed E-state index contributed by atoms with van der Waals surface area (Å²) < 4.78 is 5.71. The molecule has 16 heavy (non-hydrogen) atoms. The lowest BCUT2D eigenvalue weighted by Gasteiger charge is -2.22. The summed E-state index contributed by atoms with van der Waals surface area (Å²) in [6.45, 7) is 9.91. The van der Waals surface area contributed by atoms with Crippen LogP contribution in [0.5, 0.6) is 0 Å². The van der Waals surface area contributed by atoms with Gasteiger partial charge in [0.05, 0.1) is 18.3 Å². The van der Waals surface area contributed by atoms with Crippen LogP contribution < -0.4 is 0 Å². The first-order chi connectivity index (χ1) is 7.49. The predicted octanol–water partition coefficient (Wildman–Crippen LogP) is 3.69. The Morgan fingerprint density at radius 1 is 1.31 bits per heavy atom. The van der Waals surface area contributed by atoms with Gasteiger partial charge in [-0.1, -0.05) is 38.7 Å². The molecule has 0 radical (unpaired) electrons. The fraction of sp³-hybridized carbons (Fsp3) is 0.857. The van der Waals surface area contributed by atoms with Crippen molar-refractivity contribution >= 4 is 0 Å². The molecule has 1 unspecified atom stereocenters. The summed E-state index contributed by atoms with van der Waals surface area (Å²) in [7, 11) is 0. The number of unbranched alkanes of at least 4 members (excludes halogenated alkanes) is 3. The van der Waals surface area contributed by atoms with E-state index in [1.807, 2.05) is 6.08 Å². The Labute approximate surface area is 101 Å². The normalized spacial score (nSPS) is 13.8. The van der Waals surface area contributed by atoms with Crippen molar-refractivity contribution in [1.82, 2.24) is 0 Å². The molecule has 0 bridgehead atoms. The van der Waals surface area contributed by atoms with Crippen LogP contribution in [0, 0.1) is 0 Å². The van der Waals surface area contributed by atoms with Crippen LogP contribution in [0.15, 0.2) is 12.7 Å². The van der Waals surface area contributed by atoms with Crippen molar-refractivity contribution in [2.24, 2.45) is 0 Å². The molecule has 0 fully saturated rings. The Balaban J connectivity index is 3.74. The van der Waals surface area contributed by atoms with Crippen LogP contribution in [0.4, 0.5) is 0 Å². The minimum atomic E-state index is -0.733. The van der Waals surface area contributed by atoms with Crippen molar-refractivity contribution < 1.29 is 9.84 Å². The lowest BCUT2D eigenvalue weighted by molar-refractivity contribution is -0.0546. The maximum absolute atomic E-state index is 9.59. The van der Waals surface area contributed by atoms with E-state index in [1.54, 1.807) is 13.8 Å². The van der Waals surface area contributed by atoms with E-state index in [2.05, 4.69) is 13.5 Å². The van der Waals surface area contributed by atoms with Crippen LogP contribution in [0.3, 0.4) is 0 Å². The summed E-state index contributed by atoms with van der Waals surface area (Å²) in [5.41, 5.74) is -0.733. The highest BCUT2D eigenvalue weighted by atomic mass is 16.5. The third kappa shape index (κ3) is 10.2. The van der Waals surface area contributed by atoms with E-state index in [1.165, 1.54) is 25.7 Å². The minimum absolute atomic E-state index is 0.223. The van der Waals surface area contributed by atoms with Crippen molar-refractivity contribution in [2.75, 3.05) is 6.61 Å². The van der Waals surface area contributed by atoms with Crippen molar-refractivity contribution in [1.29, 1.82) is 0 Å². The second kappa shape index (κ2) is 8.77. The summed E-state index contributed by atoms with van der Waals surface area (Å²) in [5.74, 6) is 0. The van der Waals surface area contributed by atoms with E-state index in [9.17, 15) is 5.11 Å². The maximum atomic E-state index is 9.59. The van der Waals surface area contributed by atoms with Crippen LogP contribution in [0.1, 0.15) is 59.3 Å². The second-order valence-corrected chi connectivity index (χ2v) is 5.12. The van der Waals surface area contributed by atoms with Crippen LogP contribution in [-0.4, -0.2) is 23.4 Å². The van der Waals surface area contributed by atoms with Gasteiger partial charge in [-0.2, -0.15) is 0 Å². The van der Waals surface area contributed by atoms with Crippen molar-refractivity contribution in [3.63, 3.8) is 0 Å². The molecule has 0 aromatic heterocycles. The minimum Gasteiger partial charge on any atom is -0.388 e. The Hall–Kier alpha value is -0.340. The summed E-state index contributed by atoms with van der Waals surface area (Å²) in [6, 6.07) is 0. The predicted molar refractivity (Wildman–Crippen MR) is 69.6 cm³/mol. The number of hydrogen-bond acceptors (Lipinski definition) is 2. The number of aliphatic hydroxyl groups is 1. The van der Waals surface area contributed by atoms with E-state index >= 15 is 0 Å². The number of rotatable bonds is 10. The van der Waals surface area contributed by atoms with Gasteiger partial charge in [-0.3, -0.25) is 0 Å². The zero-order chi connectivity index (χ0) is 12.4. The molecule has 2 nitrogen and oxygen atoms in total. The van der Waals surface area contributed by atoms with Gasteiger partial charge in [0.15, 0.2) is 0 Å². The molecule has 0 aliphatic heterocycles. The van der Waals surface area contributed by atoms with E-state index in [0.717, 1.165) is 12.8 Å². The molecule has 0 spiro atoms. The molecule has 0 saturated heterocycles. The van der Waals surface area contributed by atoms with Crippen LogP contribution >= 0.6 is 0 Å². The molecule has 96 valence electrons. The fourth-order valence-electron chi connectivity index (χ4n) is 1.58. The van der Waals surface area contributed by atoms with Crippen LogP contribution in [0.2, 0.25) is 0 Å². The highest BCUT2D eigenvalue weighted by molar-refractivity contribution is 4.75. The molecular weight excluding hydrogens is 200 g/mol. The van der Waals surface area contributed by atoms with Crippen LogP contribution in [-0.2, 0) is 4.74 Å². The summed E-state index contributed by atoms with van der Waals surface area (Å²) in [4.78, 5) is 0. The molecule has 0 heterocycles. The zero-order valence-electron chi connectivity index (χ0n) is 11.2. The largest absolute Gasteiger partial charge is 0.388 e. The number of ether oxygens (including phenoxy) is 1. The average molecular weight is 228 g/mol. The highest BCUT2D eigenvalue weighted by Gasteiger charge is 2.16. The van der Waals surface area contributed by atoms with E-state index < -0.39 is 5.60 Å². The first-order valence-corrected chi connectivity index (χ1v) is 6.44. The molecule has 0 aromatic carbocycles. The molecule has 0 aromatic rings. The second-order valence-electron chi connectivity index (χ2n) is 5.12. The van der Waals surface area contributed by atoms with Gasteiger partial charge < -0.3 is 9.84 Å². The quantitative estimate of drug-likeness (QED) is 0.456. The molecule has 0 amide bonds. The Morgan fingerprint density at radius 2 is 2.00 bits per heavy atom. The van der Waals surface area contributed by atoms with Gasteiger partial charge in [-0.25, -0.2) is 0 Å². The molecular formula is C14H28O2. The Kier molecular flexibility index (Phi) is 8.58. The molecule has 0 rings (SSSR count). The third-order valence-corrected chi connectivity index (χ3v) is 2.48. The van der Waals surface area contributed by atoms with Gasteiger partial charge in [0.2, 0.25) is 0 Å². The molecule has 2 heteroatoms. The van der Waals surface area contributed by atoms with E-state index in [0.29, 0.717) is 6.61 Å². The average Bonchev–Trinajstić information content (AvgIpc) is 2.19. The van der Waals surface area contributed by atoms with Gasteiger partial charge in [0, 0.05) is 0 Å². The lowest BCUT2D eigenvalue weighted by atomic mass is 10.1. The van der Waals surface area contributed by atoms with E-state index in [-0.39, 0.29) is 6.10 Å². The SMILES string of the molecule is C=CCC(CCCCCC)OCC(C)(C)O. The van der Waals surface area contributed by atoms with Gasteiger partial charge in [-0.05, 0) is 26.7 Å². The van der Waals surface area contributed by atoms with Crippen LogP contribution in [0.25, 0.3) is 0 Å². The molecule has 0 aliphatic rings. The smallest absolute Gasteiger partial charge is 0.0824 e. The van der Waals surface area contributed by atoms with Crippen molar-refractivity contribution in [3.05, 3.63) is 12.7 Å². The van der Waals surface area contributed by atoms with Gasteiger partial charge in [-0.15, -0.1) is 6.58 Å². The van der Waals surface area contributed by atoms with Crippen molar-refractivity contribution in [3.8, 4) is 0 Å². The van der Waals surface area contributed by atoms with Gasteiger partial charge in [0.1, 0.15) is 0 Å².